The molecule has 0 spiro atoms. The molecular formula is C12H10N6O2. The minimum absolute atomic E-state index is 0.546. The molecule has 3 heterocycles. The van der Waals surface area contributed by atoms with Crippen molar-refractivity contribution in [3.63, 3.8) is 0 Å². The normalized spacial score (nSPS) is 13.4. The molecule has 1 aliphatic heterocycles. The maximum absolute atomic E-state index is 5.57. The van der Waals surface area contributed by atoms with Crippen molar-refractivity contribution in [1.82, 2.24) is 30.2 Å². The van der Waals surface area contributed by atoms with Crippen LogP contribution < -0.4 is 9.47 Å². The highest BCUT2D eigenvalue weighted by Crippen LogP contribution is 2.32. The lowest BCUT2D eigenvalue weighted by atomic mass is 10.2. The zero-order chi connectivity index (χ0) is 13.4. The molecule has 100 valence electrons. The lowest BCUT2D eigenvalue weighted by molar-refractivity contribution is 0.171. The van der Waals surface area contributed by atoms with Crippen molar-refractivity contribution in [2.75, 3.05) is 13.2 Å². The molecule has 2 aromatic heterocycles. The summed E-state index contributed by atoms with van der Waals surface area (Å²) in [7, 11) is 0. The topological polar surface area (TPSA) is 90.7 Å². The van der Waals surface area contributed by atoms with Gasteiger partial charge in [-0.3, -0.25) is 0 Å². The highest BCUT2D eigenvalue weighted by molar-refractivity contribution is 5.55. The second-order valence-electron chi connectivity index (χ2n) is 4.18. The molecule has 0 aliphatic carbocycles. The van der Waals surface area contributed by atoms with Crippen LogP contribution in [0.15, 0.2) is 30.7 Å². The zero-order valence-corrected chi connectivity index (χ0v) is 10.4. The van der Waals surface area contributed by atoms with Crippen LogP contribution in [0, 0.1) is 0 Å². The zero-order valence-electron chi connectivity index (χ0n) is 10.4. The van der Waals surface area contributed by atoms with E-state index >= 15 is 0 Å². The third-order valence-corrected chi connectivity index (χ3v) is 2.96. The third-order valence-electron chi connectivity index (χ3n) is 2.96. The van der Waals surface area contributed by atoms with Crippen molar-refractivity contribution in [3.05, 3.63) is 30.7 Å². The number of aromatic nitrogens is 6. The van der Waals surface area contributed by atoms with Crippen LogP contribution in [0.25, 0.3) is 17.2 Å². The highest BCUT2D eigenvalue weighted by Gasteiger charge is 2.16. The Morgan fingerprint density at radius 2 is 2.05 bits per heavy atom. The molecule has 8 nitrogen and oxygen atoms in total. The van der Waals surface area contributed by atoms with E-state index in [4.69, 9.17) is 9.47 Å². The first kappa shape index (κ1) is 11.0. The molecule has 1 aromatic carbocycles. The Labute approximate surface area is 113 Å². The average Bonchev–Trinajstić information content (AvgIpc) is 3.17. The van der Waals surface area contributed by atoms with E-state index in [0.717, 1.165) is 11.4 Å². The quantitative estimate of drug-likeness (QED) is 0.741. The summed E-state index contributed by atoms with van der Waals surface area (Å²) in [6.45, 7) is 1.11. The van der Waals surface area contributed by atoms with Gasteiger partial charge in [-0.25, -0.2) is 9.67 Å². The summed E-state index contributed by atoms with van der Waals surface area (Å²) in [6, 6.07) is 5.62. The smallest absolute Gasteiger partial charge is 0.185 e. The Hall–Kier alpha value is -2.90. The Morgan fingerprint density at radius 3 is 2.90 bits per heavy atom. The van der Waals surface area contributed by atoms with Gasteiger partial charge in [0.25, 0.3) is 0 Å². The van der Waals surface area contributed by atoms with Gasteiger partial charge in [-0.05, 0) is 12.1 Å². The van der Waals surface area contributed by atoms with E-state index in [1.165, 1.54) is 6.33 Å². The largest absolute Gasteiger partial charge is 0.486 e. The molecule has 0 saturated heterocycles. The van der Waals surface area contributed by atoms with E-state index in [2.05, 4.69) is 25.5 Å². The minimum Gasteiger partial charge on any atom is -0.486 e. The maximum atomic E-state index is 5.57. The predicted molar refractivity (Wildman–Crippen MR) is 67.7 cm³/mol. The molecule has 0 amide bonds. The van der Waals surface area contributed by atoms with Crippen LogP contribution in [-0.4, -0.2) is 43.4 Å². The van der Waals surface area contributed by atoms with E-state index in [0.29, 0.717) is 30.5 Å². The molecule has 0 saturated carbocycles. The molecule has 0 atom stereocenters. The van der Waals surface area contributed by atoms with E-state index in [1.54, 1.807) is 10.9 Å². The highest BCUT2D eigenvalue weighted by atomic mass is 16.6. The number of benzene rings is 1. The van der Waals surface area contributed by atoms with Crippen LogP contribution in [0.3, 0.4) is 0 Å². The van der Waals surface area contributed by atoms with Crippen LogP contribution in [0.5, 0.6) is 11.5 Å². The van der Waals surface area contributed by atoms with Gasteiger partial charge in [-0.1, -0.05) is 0 Å². The molecule has 4 rings (SSSR count). The van der Waals surface area contributed by atoms with Gasteiger partial charge in [-0.15, -0.1) is 0 Å². The molecule has 3 aromatic rings. The third kappa shape index (κ3) is 1.69. The van der Waals surface area contributed by atoms with Gasteiger partial charge in [0.15, 0.2) is 17.3 Å². The van der Waals surface area contributed by atoms with Crippen molar-refractivity contribution in [2.45, 2.75) is 0 Å². The fourth-order valence-electron chi connectivity index (χ4n) is 2.08. The fourth-order valence-corrected chi connectivity index (χ4v) is 2.08. The number of hydrogen-bond donors (Lipinski definition) is 1. The summed E-state index contributed by atoms with van der Waals surface area (Å²) in [5.41, 5.74) is 1.45. The molecule has 20 heavy (non-hydrogen) atoms. The van der Waals surface area contributed by atoms with Crippen LogP contribution in [0.4, 0.5) is 0 Å². The summed E-state index contributed by atoms with van der Waals surface area (Å²) >= 11 is 0. The minimum atomic E-state index is 0.546. The number of aromatic amines is 1. The van der Waals surface area contributed by atoms with Crippen molar-refractivity contribution in [1.29, 1.82) is 0 Å². The van der Waals surface area contributed by atoms with Crippen LogP contribution in [-0.2, 0) is 0 Å². The summed E-state index contributed by atoms with van der Waals surface area (Å²) in [4.78, 5) is 4.20. The fraction of sp³-hybridized carbons (Fsp3) is 0.167. The molecule has 0 unspecified atom stereocenters. The van der Waals surface area contributed by atoms with Crippen LogP contribution >= 0.6 is 0 Å². The second-order valence-corrected chi connectivity index (χ2v) is 4.18. The first-order valence-corrected chi connectivity index (χ1v) is 6.08. The van der Waals surface area contributed by atoms with Gasteiger partial charge in [0, 0.05) is 6.07 Å². The van der Waals surface area contributed by atoms with Gasteiger partial charge in [0.05, 0.1) is 11.9 Å². The van der Waals surface area contributed by atoms with Crippen molar-refractivity contribution in [2.24, 2.45) is 0 Å². The lowest BCUT2D eigenvalue weighted by Gasteiger charge is -2.18. The standard InChI is InChI=1S/C12H10N6O2/c1-2-10-11(20-4-3-19-10)5-8(1)18-12(13-7-15-18)9-6-14-17-16-9/h1-2,5-7H,3-4H2,(H,14,16,17). The number of nitrogens with zero attached hydrogens (tertiary/aromatic N) is 5. The Balaban J connectivity index is 1.80. The van der Waals surface area contributed by atoms with E-state index < -0.39 is 0 Å². The van der Waals surface area contributed by atoms with Gasteiger partial charge in [0.1, 0.15) is 25.2 Å². The Morgan fingerprint density at radius 1 is 1.15 bits per heavy atom. The maximum Gasteiger partial charge on any atom is 0.185 e. The van der Waals surface area contributed by atoms with E-state index in [1.807, 2.05) is 18.2 Å². The van der Waals surface area contributed by atoms with Gasteiger partial charge < -0.3 is 9.47 Å². The van der Waals surface area contributed by atoms with Crippen molar-refractivity contribution >= 4 is 0 Å². The average molecular weight is 270 g/mol. The Bertz CT molecular complexity index is 736. The molecular weight excluding hydrogens is 260 g/mol. The summed E-state index contributed by atoms with van der Waals surface area (Å²) in [6.07, 6.45) is 3.07. The first-order valence-electron chi connectivity index (χ1n) is 6.08. The second kappa shape index (κ2) is 4.34. The summed E-state index contributed by atoms with van der Waals surface area (Å²) in [5.74, 6) is 2.05. The van der Waals surface area contributed by atoms with Gasteiger partial charge in [-0.2, -0.15) is 20.5 Å². The predicted octanol–water partition coefficient (Wildman–Crippen LogP) is 0.824. The SMILES string of the molecule is c1nc(-c2cn[nH]n2)n(-c2ccc3c(c2)OCCO3)n1. The summed E-state index contributed by atoms with van der Waals surface area (Å²) < 4.78 is 12.7. The molecule has 0 bridgehead atoms. The monoisotopic (exact) mass is 270 g/mol. The molecule has 0 radical (unpaired) electrons. The number of hydrogen-bond acceptors (Lipinski definition) is 6. The molecule has 1 N–H and O–H groups in total. The number of nitrogens with one attached hydrogen (secondary N) is 1. The number of fused-ring (bicyclic) bond motifs is 1. The van der Waals surface area contributed by atoms with Crippen LogP contribution in [0.1, 0.15) is 0 Å². The van der Waals surface area contributed by atoms with Gasteiger partial charge >= 0.3 is 0 Å². The van der Waals surface area contributed by atoms with Crippen molar-refractivity contribution in [3.8, 4) is 28.7 Å². The van der Waals surface area contributed by atoms with Crippen molar-refractivity contribution < 1.29 is 9.47 Å². The Kier molecular flexibility index (Phi) is 2.38. The lowest BCUT2D eigenvalue weighted by Crippen LogP contribution is -2.15. The molecule has 8 heteroatoms. The number of rotatable bonds is 2. The van der Waals surface area contributed by atoms with E-state index in [-0.39, 0.29) is 0 Å². The van der Waals surface area contributed by atoms with E-state index in [9.17, 15) is 0 Å². The molecule has 0 fully saturated rings. The van der Waals surface area contributed by atoms with Gasteiger partial charge in [0.2, 0.25) is 0 Å². The number of H-pyrrole nitrogens is 1. The first-order chi connectivity index (χ1) is 9.92. The number of ether oxygens (including phenoxy) is 2. The van der Waals surface area contributed by atoms with Crippen LogP contribution in [0.2, 0.25) is 0 Å². The summed E-state index contributed by atoms with van der Waals surface area (Å²) in [5, 5.41) is 14.6. The molecule has 1 aliphatic rings.